The normalized spacial score (nSPS) is 19.2. The second kappa shape index (κ2) is 19.1. The summed E-state index contributed by atoms with van der Waals surface area (Å²) >= 11 is 0. The van der Waals surface area contributed by atoms with Crippen LogP contribution in [0, 0.1) is 5.92 Å². The van der Waals surface area contributed by atoms with Gasteiger partial charge in [0, 0.05) is 25.9 Å². The molecule has 2 aromatic heterocycles. The van der Waals surface area contributed by atoms with Crippen LogP contribution in [0.15, 0.2) is 132 Å². The van der Waals surface area contributed by atoms with Crippen LogP contribution in [-0.4, -0.2) is 70.7 Å². The molecule has 0 spiro atoms. The van der Waals surface area contributed by atoms with Gasteiger partial charge in [0.05, 0.1) is 26.1 Å². The number of imidazole rings is 1. The summed E-state index contributed by atoms with van der Waals surface area (Å²) in [5.41, 5.74) is 0.0919. The van der Waals surface area contributed by atoms with E-state index in [0.29, 0.717) is 0 Å². The second-order valence-corrected chi connectivity index (χ2v) is 21.3. The minimum atomic E-state index is -3.04. The Balaban J connectivity index is 1.35. The van der Waals surface area contributed by atoms with Crippen LogP contribution in [0.3, 0.4) is 0 Å². The largest absolute Gasteiger partial charge is 0.455 e. The SMILES string of the molecule is CC(=O)O[C@H]1[C@H](n2cnc3c(=O)[nH]c(NC(=O)C(C)C)nc32)O[C@](CCO[Si](c2ccccc2)(c2ccccc2)C(C)(C)C)(COCc2ccccc2)[C@H]1OCc1ccccc1. The predicted octanol–water partition coefficient (Wildman–Crippen LogP) is 6.68. The number of carbonyl (C=O) groups excluding carboxylic acids is 2. The Bertz CT molecular complexity index is 2440. The zero-order valence-corrected chi connectivity index (χ0v) is 37.1. The Labute approximate surface area is 362 Å². The number of amides is 1. The molecule has 14 heteroatoms. The number of aromatic nitrogens is 4. The first kappa shape index (κ1) is 44.3. The fraction of sp³-hybridized carbons (Fsp3) is 0.354. The summed E-state index contributed by atoms with van der Waals surface area (Å²) in [6.07, 6.45) is -1.46. The lowest BCUT2D eigenvalue weighted by atomic mass is 9.92. The van der Waals surface area contributed by atoms with Crippen LogP contribution in [0.4, 0.5) is 5.95 Å². The first-order chi connectivity index (χ1) is 29.8. The molecule has 4 aromatic carbocycles. The molecule has 1 saturated heterocycles. The number of esters is 1. The van der Waals surface area contributed by atoms with Gasteiger partial charge in [-0.25, -0.2) is 4.98 Å². The molecule has 1 aliphatic rings. The molecule has 0 bridgehead atoms. The number of H-pyrrole nitrogens is 1. The summed E-state index contributed by atoms with van der Waals surface area (Å²) in [4.78, 5) is 51.0. The van der Waals surface area contributed by atoms with Crippen LogP contribution in [0.2, 0.25) is 5.04 Å². The standard InChI is InChI=1S/C48H55N5O8Si/c1-33(2)43(55)51-46-50-42-39(44(56)52-46)49-32-53(42)45-40(60-34(3)54)41(58-30-36-21-13-8-14-22-36)48(61-45,31-57-29-35-19-11-7-12-20-35)27-28-59-62(47(4,5)6,37-23-15-9-16-24-37)38-25-17-10-18-26-38/h7-26,32-33,40-41,45H,27-31H2,1-6H3,(H2,50,51,52,55,56)/t40-,41+,45-,48-/m1/s1. The average Bonchev–Trinajstić information content (AvgIpc) is 3.81. The van der Waals surface area contributed by atoms with Crippen LogP contribution < -0.4 is 21.2 Å². The lowest BCUT2D eigenvalue weighted by Crippen LogP contribution is -2.67. The van der Waals surface area contributed by atoms with Gasteiger partial charge in [0.2, 0.25) is 11.9 Å². The number of ether oxygens (including phenoxy) is 4. The molecule has 1 amide bonds. The Kier molecular flexibility index (Phi) is 13.6. The maximum absolute atomic E-state index is 13.4. The highest BCUT2D eigenvalue weighted by molar-refractivity contribution is 6.99. The number of anilines is 1. The zero-order valence-electron chi connectivity index (χ0n) is 36.1. The first-order valence-electron chi connectivity index (χ1n) is 21.0. The molecular weight excluding hydrogens is 803 g/mol. The van der Waals surface area contributed by atoms with Gasteiger partial charge in [-0.2, -0.15) is 4.98 Å². The van der Waals surface area contributed by atoms with Crippen molar-refractivity contribution in [1.29, 1.82) is 0 Å². The molecule has 0 unspecified atom stereocenters. The Morgan fingerprint density at radius 3 is 1.98 bits per heavy atom. The van der Waals surface area contributed by atoms with Crippen molar-refractivity contribution in [2.45, 2.75) is 90.3 Å². The van der Waals surface area contributed by atoms with Gasteiger partial charge in [0.25, 0.3) is 13.9 Å². The summed E-state index contributed by atoms with van der Waals surface area (Å²) < 4.78 is 36.0. The van der Waals surface area contributed by atoms with Crippen molar-refractivity contribution in [3.63, 3.8) is 0 Å². The van der Waals surface area contributed by atoms with Gasteiger partial charge in [-0.05, 0) is 26.5 Å². The number of hydrogen-bond acceptors (Lipinski definition) is 10. The number of aromatic amines is 1. The monoisotopic (exact) mass is 857 g/mol. The van der Waals surface area contributed by atoms with Crippen LogP contribution >= 0.6 is 0 Å². The van der Waals surface area contributed by atoms with E-state index in [1.54, 1.807) is 18.4 Å². The minimum absolute atomic E-state index is 0.00678. The van der Waals surface area contributed by atoms with Gasteiger partial charge in [-0.15, -0.1) is 0 Å². The minimum Gasteiger partial charge on any atom is -0.455 e. The van der Waals surface area contributed by atoms with E-state index in [1.807, 2.05) is 97.1 Å². The highest BCUT2D eigenvalue weighted by Gasteiger charge is 2.59. The Hall–Kier alpha value is -5.77. The highest BCUT2D eigenvalue weighted by atomic mass is 28.4. The van der Waals surface area contributed by atoms with Gasteiger partial charge in [0.15, 0.2) is 23.5 Å². The number of fused-ring (bicyclic) bond motifs is 1. The van der Waals surface area contributed by atoms with E-state index in [4.69, 9.17) is 23.4 Å². The fourth-order valence-corrected chi connectivity index (χ4v) is 12.8. The van der Waals surface area contributed by atoms with E-state index in [0.717, 1.165) is 21.5 Å². The van der Waals surface area contributed by atoms with E-state index >= 15 is 0 Å². The van der Waals surface area contributed by atoms with Crippen molar-refractivity contribution >= 4 is 47.7 Å². The maximum Gasteiger partial charge on any atom is 0.303 e. The lowest BCUT2D eigenvalue weighted by Gasteiger charge is -2.44. The topological polar surface area (TPSA) is 156 Å². The molecule has 6 aromatic rings. The van der Waals surface area contributed by atoms with Crippen LogP contribution in [0.5, 0.6) is 0 Å². The van der Waals surface area contributed by atoms with Crippen LogP contribution in [-0.2, 0) is 46.2 Å². The third-order valence-electron chi connectivity index (χ3n) is 11.2. The molecular formula is C48H55N5O8Si. The number of nitrogens with one attached hydrogen (secondary N) is 2. The maximum atomic E-state index is 13.4. The van der Waals surface area contributed by atoms with E-state index in [2.05, 4.69) is 65.3 Å². The molecule has 1 aliphatic heterocycles. The van der Waals surface area contributed by atoms with Gasteiger partial charge in [-0.3, -0.25) is 29.3 Å². The number of nitrogens with zero attached hydrogens (tertiary/aromatic N) is 3. The molecule has 62 heavy (non-hydrogen) atoms. The highest BCUT2D eigenvalue weighted by Crippen LogP contribution is 2.45. The van der Waals surface area contributed by atoms with E-state index in [1.165, 1.54) is 13.3 Å². The fourth-order valence-electron chi connectivity index (χ4n) is 8.23. The van der Waals surface area contributed by atoms with Gasteiger partial charge < -0.3 is 23.4 Å². The van der Waals surface area contributed by atoms with Gasteiger partial charge in [-0.1, -0.05) is 156 Å². The van der Waals surface area contributed by atoms with Gasteiger partial charge >= 0.3 is 5.97 Å². The second-order valence-electron chi connectivity index (χ2n) is 17.0. The molecule has 0 radical (unpaired) electrons. The van der Waals surface area contributed by atoms with Crippen LogP contribution in [0.25, 0.3) is 11.2 Å². The number of benzene rings is 4. The lowest BCUT2D eigenvalue weighted by molar-refractivity contribution is -0.164. The number of rotatable bonds is 17. The van der Waals surface area contributed by atoms with Crippen molar-refractivity contribution in [2.24, 2.45) is 5.92 Å². The Morgan fingerprint density at radius 2 is 1.44 bits per heavy atom. The van der Waals surface area contributed by atoms with Crippen molar-refractivity contribution in [3.8, 4) is 0 Å². The molecule has 0 saturated carbocycles. The third-order valence-corrected chi connectivity index (χ3v) is 16.3. The van der Waals surface area contributed by atoms with Crippen molar-refractivity contribution in [3.05, 3.63) is 149 Å². The summed E-state index contributed by atoms with van der Waals surface area (Å²) in [6.45, 7) is 12.1. The van der Waals surface area contributed by atoms with Crippen molar-refractivity contribution in [2.75, 3.05) is 18.5 Å². The predicted molar refractivity (Wildman–Crippen MR) is 239 cm³/mol. The third kappa shape index (κ3) is 9.49. The quantitative estimate of drug-likeness (QED) is 0.0750. The van der Waals surface area contributed by atoms with Crippen LogP contribution in [0.1, 0.15) is 65.3 Å². The smallest absolute Gasteiger partial charge is 0.303 e. The molecule has 4 atom stereocenters. The summed E-state index contributed by atoms with van der Waals surface area (Å²) in [7, 11) is -3.04. The van der Waals surface area contributed by atoms with E-state index in [-0.39, 0.29) is 66.8 Å². The first-order valence-corrected chi connectivity index (χ1v) is 22.9. The van der Waals surface area contributed by atoms with E-state index in [9.17, 15) is 14.4 Å². The molecule has 7 rings (SSSR count). The van der Waals surface area contributed by atoms with Crippen molar-refractivity contribution < 1.29 is 33.0 Å². The molecule has 3 heterocycles. The van der Waals surface area contributed by atoms with E-state index < -0.39 is 43.9 Å². The summed E-state index contributed by atoms with van der Waals surface area (Å²) in [5.74, 6) is -1.34. The van der Waals surface area contributed by atoms with Gasteiger partial charge in [0.1, 0.15) is 11.7 Å². The van der Waals surface area contributed by atoms with Crippen molar-refractivity contribution in [1.82, 2.24) is 19.5 Å². The zero-order chi connectivity index (χ0) is 43.9. The molecule has 0 aliphatic carbocycles. The molecule has 1 fully saturated rings. The molecule has 324 valence electrons. The number of carbonyl (C=O) groups is 2. The summed E-state index contributed by atoms with van der Waals surface area (Å²) in [6, 6.07) is 40.3. The number of hydrogen-bond donors (Lipinski definition) is 2. The summed E-state index contributed by atoms with van der Waals surface area (Å²) in [5, 5.41) is 4.61. The Morgan fingerprint density at radius 1 is 0.871 bits per heavy atom. The average molecular weight is 858 g/mol. The molecule has 13 nitrogen and oxygen atoms in total. The molecule has 2 N–H and O–H groups in total.